The van der Waals surface area contributed by atoms with Crippen molar-refractivity contribution in [3.05, 3.63) is 35.4 Å². The first kappa shape index (κ1) is 12.3. The van der Waals surface area contributed by atoms with E-state index < -0.39 is 0 Å². The second kappa shape index (κ2) is 4.80. The van der Waals surface area contributed by atoms with E-state index in [2.05, 4.69) is 52.0 Å². The molecule has 84 valence electrons. The van der Waals surface area contributed by atoms with Gasteiger partial charge < -0.3 is 5.11 Å². The lowest BCUT2D eigenvalue weighted by molar-refractivity contribution is 0.0947. The van der Waals surface area contributed by atoms with Gasteiger partial charge in [0.15, 0.2) is 0 Å². The number of aliphatic hydroxyl groups excluding tert-OH is 1. The van der Waals surface area contributed by atoms with E-state index in [1.54, 1.807) is 0 Å². The highest BCUT2D eigenvalue weighted by molar-refractivity contribution is 5.23. The molecule has 0 aromatic heterocycles. The van der Waals surface area contributed by atoms with Crippen molar-refractivity contribution >= 4 is 0 Å². The van der Waals surface area contributed by atoms with E-state index in [-0.39, 0.29) is 12.0 Å². The molecular weight excluding hydrogens is 184 g/mol. The molecule has 1 aromatic rings. The highest BCUT2D eigenvalue weighted by Gasteiger charge is 2.27. The van der Waals surface area contributed by atoms with Gasteiger partial charge in [0, 0.05) is 6.61 Å². The molecule has 1 atom stereocenters. The van der Waals surface area contributed by atoms with Crippen LogP contribution in [0.2, 0.25) is 0 Å². The number of hydrogen-bond donors (Lipinski definition) is 1. The summed E-state index contributed by atoms with van der Waals surface area (Å²) in [6.45, 7) is 8.85. The lowest BCUT2D eigenvalue weighted by atomic mass is 9.75. The van der Waals surface area contributed by atoms with Gasteiger partial charge in [0.25, 0.3) is 0 Å². The van der Waals surface area contributed by atoms with Crippen molar-refractivity contribution in [3.63, 3.8) is 0 Å². The summed E-state index contributed by atoms with van der Waals surface area (Å²) >= 11 is 0. The average Bonchev–Trinajstić information content (AvgIpc) is 2.17. The molecule has 1 nitrogen and oxygen atoms in total. The molecule has 0 bridgehead atoms. The first-order valence-corrected chi connectivity index (χ1v) is 5.64. The number of benzene rings is 1. The molecule has 0 fully saturated rings. The van der Waals surface area contributed by atoms with E-state index in [0.29, 0.717) is 5.92 Å². The first-order chi connectivity index (χ1) is 6.98. The lowest BCUT2D eigenvalue weighted by Crippen LogP contribution is -2.30. The zero-order chi connectivity index (χ0) is 11.5. The Hall–Kier alpha value is -0.820. The maximum Gasteiger partial charge on any atom is 0.0490 e. The number of aryl methyl sites for hydroxylation is 1. The maximum atomic E-state index is 9.49. The van der Waals surface area contributed by atoms with Gasteiger partial charge in [-0.25, -0.2) is 0 Å². The zero-order valence-electron chi connectivity index (χ0n) is 10.2. The van der Waals surface area contributed by atoms with Crippen molar-refractivity contribution in [2.45, 2.75) is 34.1 Å². The summed E-state index contributed by atoms with van der Waals surface area (Å²) in [5, 5.41) is 9.49. The standard InChI is InChI=1S/C14H22O/c1-11(2)14(4,10-15)9-13-7-5-6-12(3)8-13/h5-8,11,15H,9-10H2,1-4H3. The van der Waals surface area contributed by atoms with Gasteiger partial charge in [-0.3, -0.25) is 0 Å². The van der Waals surface area contributed by atoms with Crippen molar-refractivity contribution in [3.8, 4) is 0 Å². The van der Waals surface area contributed by atoms with Crippen molar-refractivity contribution in [1.82, 2.24) is 0 Å². The van der Waals surface area contributed by atoms with Crippen LogP contribution in [0, 0.1) is 18.3 Å². The number of rotatable bonds is 4. The zero-order valence-corrected chi connectivity index (χ0v) is 10.2. The van der Waals surface area contributed by atoms with Crippen LogP contribution in [-0.2, 0) is 6.42 Å². The summed E-state index contributed by atoms with van der Waals surface area (Å²) in [4.78, 5) is 0. The molecule has 1 N–H and O–H groups in total. The quantitative estimate of drug-likeness (QED) is 0.802. The Morgan fingerprint density at radius 2 is 2.00 bits per heavy atom. The molecule has 0 spiro atoms. The van der Waals surface area contributed by atoms with Crippen LogP contribution in [0.5, 0.6) is 0 Å². The molecule has 1 rings (SSSR count). The predicted octanol–water partition coefficient (Wildman–Crippen LogP) is 3.19. The first-order valence-electron chi connectivity index (χ1n) is 5.64. The average molecular weight is 206 g/mol. The summed E-state index contributed by atoms with van der Waals surface area (Å²) in [5.74, 6) is 0.489. The van der Waals surface area contributed by atoms with Crippen molar-refractivity contribution in [2.75, 3.05) is 6.61 Å². The van der Waals surface area contributed by atoms with Gasteiger partial charge >= 0.3 is 0 Å². The van der Waals surface area contributed by atoms with E-state index in [1.807, 2.05) is 0 Å². The Bertz CT molecular complexity index is 317. The minimum Gasteiger partial charge on any atom is -0.396 e. The fraction of sp³-hybridized carbons (Fsp3) is 0.571. The van der Waals surface area contributed by atoms with Crippen molar-refractivity contribution in [2.24, 2.45) is 11.3 Å². The van der Waals surface area contributed by atoms with Crippen LogP contribution in [0.25, 0.3) is 0 Å². The second-order valence-corrected chi connectivity index (χ2v) is 5.13. The summed E-state index contributed by atoms with van der Waals surface area (Å²) in [7, 11) is 0. The van der Waals surface area contributed by atoms with Gasteiger partial charge in [-0.15, -0.1) is 0 Å². The molecule has 0 saturated carbocycles. The molecular formula is C14H22O. The van der Waals surface area contributed by atoms with Crippen LogP contribution >= 0.6 is 0 Å². The molecule has 0 aliphatic rings. The van der Waals surface area contributed by atoms with Crippen LogP contribution in [0.3, 0.4) is 0 Å². The Morgan fingerprint density at radius 1 is 1.33 bits per heavy atom. The van der Waals surface area contributed by atoms with Gasteiger partial charge in [0.05, 0.1) is 0 Å². The predicted molar refractivity (Wildman–Crippen MR) is 64.9 cm³/mol. The fourth-order valence-corrected chi connectivity index (χ4v) is 1.73. The molecule has 0 amide bonds. The van der Waals surface area contributed by atoms with Crippen molar-refractivity contribution in [1.29, 1.82) is 0 Å². The molecule has 1 heteroatoms. The van der Waals surface area contributed by atoms with Crippen LogP contribution in [0.1, 0.15) is 31.9 Å². The van der Waals surface area contributed by atoms with E-state index >= 15 is 0 Å². The summed E-state index contributed by atoms with van der Waals surface area (Å²) in [6, 6.07) is 8.54. The van der Waals surface area contributed by atoms with Gasteiger partial charge in [0.2, 0.25) is 0 Å². The Balaban J connectivity index is 2.84. The minimum atomic E-state index is -0.00616. The van der Waals surface area contributed by atoms with Crippen molar-refractivity contribution < 1.29 is 5.11 Å². The van der Waals surface area contributed by atoms with E-state index in [1.165, 1.54) is 11.1 Å². The summed E-state index contributed by atoms with van der Waals surface area (Å²) < 4.78 is 0. The maximum absolute atomic E-state index is 9.49. The molecule has 1 unspecified atom stereocenters. The molecule has 0 heterocycles. The number of aliphatic hydroxyl groups is 1. The Labute approximate surface area is 93.1 Å². The SMILES string of the molecule is Cc1cccc(CC(C)(CO)C(C)C)c1. The molecule has 0 saturated heterocycles. The Kier molecular flexibility index (Phi) is 3.92. The second-order valence-electron chi connectivity index (χ2n) is 5.13. The van der Waals surface area contributed by atoms with E-state index in [0.717, 1.165) is 6.42 Å². The largest absolute Gasteiger partial charge is 0.396 e. The monoisotopic (exact) mass is 206 g/mol. The molecule has 0 aliphatic heterocycles. The van der Waals surface area contributed by atoms with E-state index in [9.17, 15) is 5.11 Å². The van der Waals surface area contributed by atoms with Gasteiger partial charge in [-0.1, -0.05) is 50.6 Å². The highest BCUT2D eigenvalue weighted by Crippen LogP contribution is 2.30. The molecule has 15 heavy (non-hydrogen) atoms. The summed E-state index contributed by atoms with van der Waals surface area (Å²) in [6.07, 6.45) is 0.947. The van der Waals surface area contributed by atoms with Crippen LogP contribution in [-0.4, -0.2) is 11.7 Å². The highest BCUT2D eigenvalue weighted by atomic mass is 16.3. The fourth-order valence-electron chi connectivity index (χ4n) is 1.73. The smallest absolute Gasteiger partial charge is 0.0490 e. The summed E-state index contributed by atoms with van der Waals surface area (Å²) in [5.41, 5.74) is 2.60. The third-order valence-electron chi connectivity index (χ3n) is 3.45. The lowest BCUT2D eigenvalue weighted by Gasteiger charge is -2.32. The molecule has 0 aliphatic carbocycles. The van der Waals surface area contributed by atoms with Gasteiger partial charge in [-0.05, 0) is 30.2 Å². The topological polar surface area (TPSA) is 20.2 Å². The third kappa shape index (κ3) is 3.07. The Morgan fingerprint density at radius 3 is 2.47 bits per heavy atom. The minimum absolute atomic E-state index is 0.00616. The van der Waals surface area contributed by atoms with Gasteiger partial charge in [0.1, 0.15) is 0 Å². The van der Waals surface area contributed by atoms with Crippen LogP contribution in [0.15, 0.2) is 24.3 Å². The van der Waals surface area contributed by atoms with E-state index in [4.69, 9.17) is 0 Å². The molecule has 1 aromatic carbocycles. The van der Waals surface area contributed by atoms with Crippen LogP contribution < -0.4 is 0 Å². The number of hydrogen-bond acceptors (Lipinski definition) is 1. The third-order valence-corrected chi connectivity index (χ3v) is 3.45. The van der Waals surface area contributed by atoms with Crippen LogP contribution in [0.4, 0.5) is 0 Å². The van der Waals surface area contributed by atoms with Gasteiger partial charge in [-0.2, -0.15) is 0 Å². The molecule has 0 radical (unpaired) electrons. The normalized spacial score (nSPS) is 15.3.